The van der Waals surface area contributed by atoms with Gasteiger partial charge in [-0.25, -0.2) is 9.18 Å². The summed E-state index contributed by atoms with van der Waals surface area (Å²) in [6.45, 7) is 1.06. The summed E-state index contributed by atoms with van der Waals surface area (Å²) in [6.07, 6.45) is -3.54. The van der Waals surface area contributed by atoms with E-state index in [1.807, 2.05) is 4.98 Å². The van der Waals surface area contributed by atoms with Crippen molar-refractivity contribution in [3.8, 4) is 0 Å². The topological polar surface area (TPSA) is 105 Å². The largest absolute Gasteiger partial charge is 0.393 e. The third kappa shape index (κ3) is 2.11. The van der Waals surface area contributed by atoms with Gasteiger partial charge in [-0.1, -0.05) is 6.92 Å². The molecule has 0 radical (unpaired) electrons. The Morgan fingerprint density at radius 1 is 1.58 bits per heavy atom. The summed E-state index contributed by atoms with van der Waals surface area (Å²) in [5.74, 6) is 0. The smallest absolute Gasteiger partial charge is 0.330 e. The highest BCUT2D eigenvalue weighted by molar-refractivity contribution is 5.01. The molecule has 1 aromatic rings. The quantitative estimate of drug-likeness (QED) is 0.649. The molecule has 0 spiro atoms. The predicted molar refractivity (Wildman–Crippen MR) is 62.5 cm³/mol. The van der Waals surface area contributed by atoms with Crippen LogP contribution in [0.5, 0.6) is 0 Å². The summed E-state index contributed by atoms with van der Waals surface area (Å²) in [5, 5.41) is 19.1. The molecule has 106 valence electrons. The van der Waals surface area contributed by atoms with E-state index in [0.29, 0.717) is 0 Å². The van der Waals surface area contributed by atoms with Crippen LogP contribution in [0.4, 0.5) is 4.39 Å². The molecule has 0 saturated carbocycles. The number of aromatic nitrogens is 2. The maximum Gasteiger partial charge on any atom is 0.330 e. The van der Waals surface area contributed by atoms with Gasteiger partial charge >= 0.3 is 5.69 Å². The number of rotatable bonds is 3. The van der Waals surface area contributed by atoms with Crippen molar-refractivity contribution in [3.63, 3.8) is 0 Å². The van der Waals surface area contributed by atoms with Crippen LogP contribution in [0.15, 0.2) is 21.9 Å². The van der Waals surface area contributed by atoms with Gasteiger partial charge in [0.1, 0.15) is 11.7 Å². The molecule has 0 aromatic carbocycles. The van der Waals surface area contributed by atoms with Crippen molar-refractivity contribution in [1.82, 2.24) is 9.55 Å². The summed E-state index contributed by atoms with van der Waals surface area (Å²) >= 11 is 0. The number of nitrogens with one attached hydrogen (secondary N) is 1. The van der Waals surface area contributed by atoms with Crippen LogP contribution >= 0.6 is 0 Å². The Bertz CT molecular complexity index is 565. The third-order valence-electron chi connectivity index (χ3n) is 3.46. The van der Waals surface area contributed by atoms with Crippen LogP contribution < -0.4 is 11.2 Å². The van der Waals surface area contributed by atoms with Crippen LogP contribution in [0.3, 0.4) is 0 Å². The van der Waals surface area contributed by atoms with Gasteiger partial charge in [-0.15, -0.1) is 0 Å². The second-order valence-corrected chi connectivity index (χ2v) is 4.49. The number of halogens is 1. The lowest BCUT2D eigenvalue weighted by Crippen LogP contribution is -2.44. The first-order valence-electron chi connectivity index (χ1n) is 5.87. The zero-order valence-electron chi connectivity index (χ0n) is 10.2. The van der Waals surface area contributed by atoms with Gasteiger partial charge in [0.2, 0.25) is 0 Å². The van der Waals surface area contributed by atoms with Crippen LogP contribution in [-0.4, -0.2) is 44.2 Å². The van der Waals surface area contributed by atoms with E-state index in [9.17, 15) is 24.2 Å². The van der Waals surface area contributed by atoms with Gasteiger partial charge in [-0.3, -0.25) is 14.3 Å². The standard InChI is InChI=1S/C11H15FN2O5/c1-2-11(5-15)8(17)7(12)9(19-11)14-4-3-6(16)13-10(14)18/h3-4,7-9,15,17H,2,5H2,1H3,(H,13,16,18)/t7-,8+,9-,11?/m1/s1. The Morgan fingerprint density at radius 2 is 2.26 bits per heavy atom. The Balaban J connectivity index is 2.42. The molecule has 0 amide bonds. The first-order valence-corrected chi connectivity index (χ1v) is 5.87. The van der Waals surface area contributed by atoms with Gasteiger partial charge in [0, 0.05) is 12.3 Å². The van der Waals surface area contributed by atoms with Crippen molar-refractivity contribution in [2.24, 2.45) is 0 Å². The average Bonchev–Trinajstić information content (AvgIpc) is 2.64. The van der Waals surface area contributed by atoms with Crippen molar-refractivity contribution in [3.05, 3.63) is 33.1 Å². The number of hydrogen-bond donors (Lipinski definition) is 3. The highest BCUT2D eigenvalue weighted by Crippen LogP contribution is 2.40. The van der Waals surface area contributed by atoms with E-state index < -0.39 is 42.0 Å². The van der Waals surface area contributed by atoms with E-state index in [1.165, 1.54) is 0 Å². The van der Waals surface area contributed by atoms with Crippen molar-refractivity contribution < 1.29 is 19.3 Å². The van der Waals surface area contributed by atoms with Crippen LogP contribution in [0.2, 0.25) is 0 Å². The first-order chi connectivity index (χ1) is 8.95. The molecular weight excluding hydrogens is 259 g/mol. The summed E-state index contributed by atoms with van der Waals surface area (Å²) < 4.78 is 20.3. The van der Waals surface area contributed by atoms with E-state index in [0.717, 1.165) is 16.8 Å². The Hall–Kier alpha value is -1.51. The molecule has 1 fully saturated rings. The molecule has 1 aliphatic rings. The van der Waals surface area contributed by atoms with E-state index in [4.69, 9.17) is 4.74 Å². The zero-order chi connectivity index (χ0) is 14.2. The molecule has 7 nitrogen and oxygen atoms in total. The molecule has 3 N–H and O–H groups in total. The van der Waals surface area contributed by atoms with E-state index in [2.05, 4.69) is 0 Å². The summed E-state index contributed by atoms with van der Waals surface area (Å²) in [7, 11) is 0. The highest BCUT2D eigenvalue weighted by Gasteiger charge is 2.54. The number of ether oxygens (including phenoxy) is 1. The fourth-order valence-corrected chi connectivity index (χ4v) is 2.19. The second kappa shape index (κ2) is 4.87. The lowest BCUT2D eigenvalue weighted by Gasteiger charge is -2.28. The van der Waals surface area contributed by atoms with E-state index in [-0.39, 0.29) is 6.42 Å². The van der Waals surface area contributed by atoms with Gasteiger partial charge in [-0.05, 0) is 6.42 Å². The van der Waals surface area contributed by atoms with Crippen LogP contribution in [-0.2, 0) is 4.74 Å². The van der Waals surface area contributed by atoms with Crippen LogP contribution in [0, 0.1) is 0 Å². The Kier molecular flexibility index (Phi) is 3.57. The number of H-pyrrole nitrogens is 1. The van der Waals surface area contributed by atoms with Crippen LogP contribution in [0.25, 0.3) is 0 Å². The highest BCUT2D eigenvalue weighted by atomic mass is 19.1. The van der Waals surface area contributed by atoms with E-state index >= 15 is 0 Å². The number of alkyl halides is 1. The number of aromatic amines is 1. The summed E-state index contributed by atoms with van der Waals surface area (Å²) in [5.41, 5.74) is -2.89. The molecule has 1 saturated heterocycles. The average molecular weight is 274 g/mol. The van der Waals surface area contributed by atoms with Crippen molar-refractivity contribution in [2.45, 2.75) is 37.4 Å². The number of aliphatic hydroxyl groups excluding tert-OH is 2. The van der Waals surface area contributed by atoms with Crippen molar-refractivity contribution >= 4 is 0 Å². The molecule has 1 unspecified atom stereocenters. The fraction of sp³-hybridized carbons (Fsp3) is 0.636. The van der Waals surface area contributed by atoms with E-state index in [1.54, 1.807) is 6.92 Å². The third-order valence-corrected chi connectivity index (χ3v) is 3.46. The molecule has 4 atom stereocenters. The summed E-state index contributed by atoms with van der Waals surface area (Å²) in [6, 6.07) is 1.05. The first kappa shape index (κ1) is 13.9. The van der Waals surface area contributed by atoms with Gasteiger partial charge in [0.05, 0.1) is 6.61 Å². The second-order valence-electron chi connectivity index (χ2n) is 4.49. The molecule has 0 aliphatic carbocycles. The lowest BCUT2D eigenvalue weighted by molar-refractivity contribution is -0.130. The molecular formula is C11H15FN2O5. The van der Waals surface area contributed by atoms with Crippen molar-refractivity contribution in [1.29, 1.82) is 0 Å². The number of hydrogen-bond acceptors (Lipinski definition) is 5. The minimum atomic E-state index is -1.88. The fourth-order valence-electron chi connectivity index (χ4n) is 2.19. The summed E-state index contributed by atoms with van der Waals surface area (Å²) in [4.78, 5) is 24.5. The SMILES string of the molecule is CCC1(CO)O[C@@H](n2ccc(=O)[nH]c2=O)[C@H](F)[C@@H]1O. The zero-order valence-corrected chi connectivity index (χ0v) is 10.2. The normalized spacial score (nSPS) is 34.6. The number of nitrogens with zero attached hydrogens (tertiary/aromatic N) is 1. The predicted octanol–water partition coefficient (Wildman–Crippen LogP) is -1.09. The maximum absolute atomic E-state index is 14.1. The van der Waals surface area contributed by atoms with Gasteiger partial charge < -0.3 is 14.9 Å². The molecule has 2 heterocycles. The molecule has 0 bridgehead atoms. The molecule has 1 aliphatic heterocycles. The molecule has 19 heavy (non-hydrogen) atoms. The maximum atomic E-state index is 14.1. The van der Waals surface area contributed by atoms with Gasteiger partial charge in [0.15, 0.2) is 12.4 Å². The molecule has 1 aromatic heterocycles. The minimum Gasteiger partial charge on any atom is -0.393 e. The van der Waals surface area contributed by atoms with Crippen LogP contribution in [0.1, 0.15) is 19.6 Å². The van der Waals surface area contributed by atoms with Gasteiger partial charge in [-0.2, -0.15) is 0 Å². The molecule has 2 rings (SSSR count). The Morgan fingerprint density at radius 3 is 2.74 bits per heavy atom. The van der Waals surface area contributed by atoms with Gasteiger partial charge in [0.25, 0.3) is 5.56 Å². The lowest BCUT2D eigenvalue weighted by atomic mass is 9.94. The van der Waals surface area contributed by atoms with Crippen molar-refractivity contribution in [2.75, 3.05) is 6.61 Å². The minimum absolute atomic E-state index is 0.180. The molecule has 8 heteroatoms. The number of aliphatic hydroxyl groups is 2. The Labute approximate surface area is 107 Å². The monoisotopic (exact) mass is 274 g/mol.